The molecule has 0 aliphatic rings. The van der Waals surface area contributed by atoms with Crippen molar-refractivity contribution in [1.82, 2.24) is 5.32 Å². The van der Waals surface area contributed by atoms with Gasteiger partial charge in [-0.25, -0.2) is 8.42 Å². The molecule has 0 fully saturated rings. The Morgan fingerprint density at radius 2 is 1.83 bits per heavy atom. The lowest BCUT2D eigenvalue weighted by molar-refractivity contribution is 0.340. The highest BCUT2D eigenvalue weighted by Crippen LogP contribution is 2.19. The van der Waals surface area contributed by atoms with Crippen LogP contribution in [0, 0.1) is 5.41 Å². The van der Waals surface area contributed by atoms with Gasteiger partial charge < -0.3 is 5.32 Å². The fourth-order valence-electron chi connectivity index (χ4n) is 1.03. The number of hydrogen-bond acceptors (Lipinski definition) is 3. The fraction of sp³-hybridized carbons (Fsp3) is 1.00. The van der Waals surface area contributed by atoms with Crippen molar-refractivity contribution in [3.05, 3.63) is 0 Å². The van der Waals surface area contributed by atoms with Crippen LogP contribution in [-0.2, 0) is 9.84 Å². The highest BCUT2D eigenvalue weighted by molar-refractivity contribution is 7.90. The van der Waals surface area contributed by atoms with E-state index in [9.17, 15) is 8.42 Å². The Kier molecular flexibility index (Phi) is 4.20. The van der Waals surface area contributed by atoms with Gasteiger partial charge in [-0.05, 0) is 25.4 Å². The average Bonchev–Trinajstić information content (AvgIpc) is 1.83. The fourth-order valence-corrected chi connectivity index (χ4v) is 1.95. The third kappa shape index (κ3) is 6.61. The van der Waals surface area contributed by atoms with E-state index in [1.54, 1.807) is 0 Å². The van der Waals surface area contributed by atoms with Gasteiger partial charge in [-0.3, -0.25) is 0 Å². The van der Waals surface area contributed by atoms with Crippen LogP contribution in [0.1, 0.15) is 20.3 Å². The van der Waals surface area contributed by atoms with Crippen LogP contribution < -0.4 is 5.32 Å². The summed E-state index contributed by atoms with van der Waals surface area (Å²) >= 11 is 0. The van der Waals surface area contributed by atoms with Crippen molar-refractivity contribution in [2.75, 3.05) is 25.6 Å². The number of sulfone groups is 1. The van der Waals surface area contributed by atoms with Gasteiger partial charge in [0.25, 0.3) is 0 Å². The highest BCUT2D eigenvalue weighted by Gasteiger charge is 2.18. The number of nitrogens with one attached hydrogen (secondary N) is 1. The molecule has 12 heavy (non-hydrogen) atoms. The van der Waals surface area contributed by atoms with E-state index in [-0.39, 0.29) is 11.2 Å². The summed E-state index contributed by atoms with van der Waals surface area (Å²) in [5, 5.41) is 3.05. The predicted octanol–water partition coefficient (Wildman–Crippen LogP) is 0.667. The van der Waals surface area contributed by atoms with Crippen molar-refractivity contribution in [2.24, 2.45) is 5.41 Å². The minimum Gasteiger partial charge on any atom is -0.319 e. The van der Waals surface area contributed by atoms with E-state index in [4.69, 9.17) is 0 Å². The van der Waals surface area contributed by atoms with Crippen molar-refractivity contribution in [3.8, 4) is 0 Å². The second-order valence-corrected chi connectivity index (χ2v) is 6.33. The minimum atomic E-state index is -2.80. The molecule has 1 N–H and O–H groups in total. The van der Waals surface area contributed by atoms with E-state index in [1.165, 1.54) is 6.26 Å². The molecule has 3 nitrogen and oxygen atoms in total. The summed E-state index contributed by atoms with van der Waals surface area (Å²) in [5.74, 6) is 0.279. The Hall–Kier alpha value is -0.0900. The average molecular weight is 193 g/mol. The molecular weight excluding hydrogens is 174 g/mol. The van der Waals surface area contributed by atoms with Crippen molar-refractivity contribution in [3.63, 3.8) is 0 Å². The zero-order valence-electron chi connectivity index (χ0n) is 8.35. The molecule has 0 aromatic carbocycles. The van der Waals surface area contributed by atoms with E-state index in [0.717, 1.165) is 6.54 Å². The van der Waals surface area contributed by atoms with Gasteiger partial charge in [0, 0.05) is 6.26 Å². The molecule has 74 valence electrons. The van der Waals surface area contributed by atoms with E-state index in [0.29, 0.717) is 6.42 Å². The first kappa shape index (κ1) is 11.9. The van der Waals surface area contributed by atoms with Crippen molar-refractivity contribution >= 4 is 9.84 Å². The Bertz CT molecular complexity index is 219. The molecule has 0 aliphatic heterocycles. The van der Waals surface area contributed by atoms with Crippen LogP contribution in [0.25, 0.3) is 0 Å². The Morgan fingerprint density at radius 1 is 1.33 bits per heavy atom. The molecule has 0 atom stereocenters. The first-order valence-electron chi connectivity index (χ1n) is 4.09. The topological polar surface area (TPSA) is 46.2 Å². The van der Waals surface area contributed by atoms with E-state index < -0.39 is 9.84 Å². The smallest absolute Gasteiger partial charge is 0.147 e. The van der Waals surface area contributed by atoms with Crippen LogP contribution in [0.2, 0.25) is 0 Å². The van der Waals surface area contributed by atoms with E-state index >= 15 is 0 Å². The van der Waals surface area contributed by atoms with Crippen LogP contribution in [0.4, 0.5) is 0 Å². The number of rotatable bonds is 5. The lowest BCUT2D eigenvalue weighted by atomic mass is 9.90. The van der Waals surface area contributed by atoms with Crippen LogP contribution in [0.5, 0.6) is 0 Å². The quantitative estimate of drug-likeness (QED) is 0.698. The third-order valence-electron chi connectivity index (χ3n) is 1.80. The maximum Gasteiger partial charge on any atom is 0.147 e. The normalized spacial score (nSPS) is 13.3. The monoisotopic (exact) mass is 193 g/mol. The van der Waals surface area contributed by atoms with Gasteiger partial charge in [-0.15, -0.1) is 0 Å². The molecule has 0 aromatic heterocycles. The first-order valence-corrected chi connectivity index (χ1v) is 6.15. The number of hydrogen-bond donors (Lipinski definition) is 1. The Balaban J connectivity index is 3.92. The van der Waals surface area contributed by atoms with Gasteiger partial charge in [0.2, 0.25) is 0 Å². The van der Waals surface area contributed by atoms with Crippen LogP contribution in [-0.4, -0.2) is 34.0 Å². The summed E-state index contributed by atoms with van der Waals surface area (Å²) in [6.45, 7) is 4.98. The zero-order chi connectivity index (χ0) is 9.83. The van der Waals surface area contributed by atoms with Crippen molar-refractivity contribution < 1.29 is 8.42 Å². The second kappa shape index (κ2) is 4.23. The van der Waals surface area contributed by atoms with E-state index in [2.05, 4.69) is 19.2 Å². The van der Waals surface area contributed by atoms with Gasteiger partial charge in [0.1, 0.15) is 9.84 Å². The molecular formula is C8H19NO2S. The molecule has 0 saturated carbocycles. The zero-order valence-corrected chi connectivity index (χ0v) is 9.16. The highest BCUT2D eigenvalue weighted by atomic mass is 32.2. The van der Waals surface area contributed by atoms with Crippen LogP contribution >= 0.6 is 0 Å². The lowest BCUT2D eigenvalue weighted by Gasteiger charge is -2.23. The largest absolute Gasteiger partial charge is 0.319 e. The molecule has 0 amide bonds. The molecule has 0 spiro atoms. The summed E-state index contributed by atoms with van der Waals surface area (Å²) in [6.07, 6.45) is 2.00. The molecule has 0 bridgehead atoms. The van der Waals surface area contributed by atoms with Crippen LogP contribution in [0.3, 0.4) is 0 Å². The molecule has 0 rings (SSSR count). The summed E-state index contributed by atoms with van der Waals surface area (Å²) < 4.78 is 21.7. The molecule has 0 heterocycles. The summed E-state index contributed by atoms with van der Waals surface area (Å²) in [4.78, 5) is 0. The SMILES string of the molecule is CNCC(C)(C)CCS(C)(=O)=O. The van der Waals surface area contributed by atoms with Gasteiger partial charge in [0.15, 0.2) is 0 Å². The maximum atomic E-state index is 10.9. The summed E-state index contributed by atoms with van der Waals surface area (Å²) in [7, 11) is -0.926. The molecule has 0 unspecified atom stereocenters. The maximum absolute atomic E-state index is 10.9. The lowest BCUT2D eigenvalue weighted by Crippen LogP contribution is -2.28. The first-order chi connectivity index (χ1) is 5.27. The van der Waals surface area contributed by atoms with Gasteiger partial charge >= 0.3 is 0 Å². The van der Waals surface area contributed by atoms with Crippen molar-refractivity contribution in [1.29, 1.82) is 0 Å². The van der Waals surface area contributed by atoms with Crippen LogP contribution in [0.15, 0.2) is 0 Å². The Labute approximate surface area is 75.5 Å². The molecule has 0 saturated heterocycles. The summed E-state index contributed by atoms with van der Waals surface area (Å²) in [6, 6.07) is 0. The molecule has 4 heteroatoms. The molecule has 0 aromatic rings. The third-order valence-corrected chi connectivity index (χ3v) is 2.75. The predicted molar refractivity (Wildman–Crippen MR) is 52.0 cm³/mol. The second-order valence-electron chi connectivity index (χ2n) is 4.07. The Morgan fingerprint density at radius 3 is 2.17 bits per heavy atom. The van der Waals surface area contributed by atoms with E-state index in [1.807, 2.05) is 7.05 Å². The minimum absolute atomic E-state index is 0.0673. The molecule has 0 aliphatic carbocycles. The van der Waals surface area contributed by atoms with Gasteiger partial charge in [-0.1, -0.05) is 13.8 Å². The van der Waals surface area contributed by atoms with Crippen molar-refractivity contribution in [2.45, 2.75) is 20.3 Å². The molecule has 0 radical (unpaired) electrons. The van der Waals surface area contributed by atoms with Gasteiger partial charge in [0.05, 0.1) is 5.75 Å². The van der Waals surface area contributed by atoms with Gasteiger partial charge in [-0.2, -0.15) is 0 Å². The standard InChI is InChI=1S/C8H19NO2S/c1-8(2,7-9-3)5-6-12(4,10)11/h9H,5-7H2,1-4H3. The summed E-state index contributed by atoms with van der Waals surface area (Å²) in [5.41, 5.74) is 0.0673.